The lowest BCUT2D eigenvalue weighted by Gasteiger charge is -2.34. The fourth-order valence-corrected chi connectivity index (χ4v) is 5.53. The first kappa shape index (κ1) is 15.7. The van der Waals surface area contributed by atoms with Gasteiger partial charge in [-0.15, -0.1) is 0 Å². The number of hydrogen-bond acceptors (Lipinski definition) is 2. The number of carboxylic acid groups (broad SMARTS) is 1. The molecule has 1 rings (SSSR count). The first-order valence-corrected chi connectivity index (χ1v) is 9.46. The van der Waals surface area contributed by atoms with E-state index >= 15 is 0 Å². The van der Waals surface area contributed by atoms with E-state index in [0.717, 1.165) is 0 Å². The second-order valence-electron chi connectivity index (χ2n) is 5.13. The number of allylic oxidation sites excluding steroid dienone is 1. The monoisotopic (exact) mass is 278 g/mol. The molecule has 3 nitrogen and oxygen atoms in total. The number of rotatable bonds is 6. The van der Waals surface area contributed by atoms with E-state index < -0.39 is 20.1 Å². The Morgan fingerprint density at radius 2 is 1.89 bits per heavy atom. The summed E-state index contributed by atoms with van der Waals surface area (Å²) >= 11 is 0. The molecule has 1 N–H and O–H groups in total. The van der Waals surface area contributed by atoms with Gasteiger partial charge in [-0.05, 0) is 6.92 Å². The molecule has 0 aliphatic heterocycles. The van der Waals surface area contributed by atoms with Crippen molar-refractivity contribution in [3.05, 3.63) is 42.5 Å². The zero-order valence-corrected chi connectivity index (χ0v) is 13.0. The largest absolute Gasteiger partial charge is 0.479 e. The van der Waals surface area contributed by atoms with Crippen LogP contribution < -0.4 is 5.19 Å². The quantitative estimate of drug-likeness (QED) is 0.643. The van der Waals surface area contributed by atoms with Crippen LogP contribution in [0.4, 0.5) is 0 Å². The van der Waals surface area contributed by atoms with Crippen molar-refractivity contribution in [2.45, 2.75) is 31.7 Å². The van der Waals surface area contributed by atoms with Gasteiger partial charge < -0.3 is 9.84 Å². The predicted molar refractivity (Wildman–Crippen MR) is 80.6 cm³/mol. The van der Waals surface area contributed by atoms with Gasteiger partial charge in [0.15, 0.2) is 6.10 Å². The van der Waals surface area contributed by atoms with E-state index in [1.807, 2.05) is 37.3 Å². The molecule has 0 amide bonds. The van der Waals surface area contributed by atoms with Gasteiger partial charge in [-0.2, -0.15) is 0 Å². The lowest BCUT2D eigenvalue weighted by atomic mass is 10.2. The summed E-state index contributed by atoms with van der Waals surface area (Å²) in [5, 5.41) is 10.6. The molecule has 0 spiro atoms. The van der Waals surface area contributed by atoms with Crippen LogP contribution in [0.3, 0.4) is 0 Å². The van der Waals surface area contributed by atoms with Crippen molar-refractivity contribution in [1.82, 2.24) is 0 Å². The molecule has 0 saturated heterocycles. The highest BCUT2D eigenvalue weighted by atomic mass is 28.3. The maximum atomic E-state index is 11.4. The number of aliphatic carboxylic acids is 1. The molecule has 19 heavy (non-hydrogen) atoms. The molecular weight excluding hydrogens is 256 g/mol. The highest BCUT2D eigenvalue weighted by Crippen LogP contribution is 2.29. The summed E-state index contributed by atoms with van der Waals surface area (Å²) in [6, 6.07) is 10.1. The van der Waals surface area contributed by atoms with Gasteiger partial charge >= 0.3 is 5.97 Å². The van der Waals surface area contributed by atoms with Crippen molar-refractivity contribution in [2.24, 2.45) is 0 Å². The van der Waals surface area contributed by atoms with Gasteiger partial charge in [0.25, 0.3) is 0 Å². The molecular formula is C15H22O3Si. The number of hydrogen-bond donors (Lipinski definition) is 1. The Hall–Kier alpha value is -1.39. The zero-order chi connectivity index (χ0) is 14.5. The third kappa shape index (κ3) is 3.55. The van der Waals surface area contributed by atoms with Crippen LogP contribution in [0.5, 0.6) is 0 Å². The van der Waals surface area contributed by atoms with Crippen LogP contribution in [0.15, 0.2) is 42.5 Å². The first-order chi connectivity index (χ1) is 8.95. The van der Waals surface area contributed by atoms with Crippen LogP contribution in [0.25, 0.3) is 0 Å². The van der Waals surface area contributed by atoms with Crippen LogP contribution in [-0.2, 0) is 9.53 Å². The van der Waals surface area contributed by atoms with Crippen LogP contribution in [0.1, 0.15) is 6.92 Å². The maximum Gasteiger partial charge on any atom is 0.333 e. The minimum absolute atomic E-state index is 0.0950. The van der Waals surface area contributed by atoms with Gasteiger partial charge in [0.05, 0.1) is 8.07 Å². The molecule has 0 radical (unpaired) electrons. The Balaban J connectivity index is 3.21. The summed E-state index contributed by atoms with van der Waals surface area (Å²) in [7, 11) is -0.506. The Bertz CT molecular complexity index is 440. The summed E-state index contributed by atoms with van der Waals surface area (Å²) in [5.74, 6) is -0.901. The SMILES string of the molecule is C/C=C/[C@H]([C@H](OC)C(=O)O)[Si](C)(C)c1ccccc1. The third-order valence-electron chi connectivity index (χ3n) is 3.57. The van der Waals surface area contributed by atoms with Gasteiger partial charge in [-0.1, -0.05) is 60.8 Å². The summed E-state index contributed by atoms with van der Waals surface area (Å²) < 4.78 is 5.22. The summed E-state index contributed by atoms with van der Waals surface area (Å²) in [6.07, 6.45) is 3.09. The highest BCUT2D eigenvalue weighted by molar-refractivity contribution is 6.91. The Kier molecular flexibility index (Phi) is 5.51. The van der Waals surface area contributed by atoms with Crippen molar-refractivity contribution < 1.29 is 14.6 Å². The second kappa shape index (κ2) is 6.68. The Morgan fingerprint density at radius 1 is 1.32 bits per heavy atom. The van der Waals surface area contributed by atoms with Crippen LogP contribution in [0.2, 0.25) is 18.6 Å². The van der Waals surface area contributed by atoms with Crippen LogP contribution in [-0.4, -0.2) is 32.4 Å². The average molecular weight is 278 g/mol. The van der Waals surface area contributed by atoms with E-state index in [2.05, 4.69) is 25.2 Å². The molecule has 2 atom stereocenters. The van der Waals surface area contributed by atoms with Gasteiger partial charge in [0.2, 0.25) is 0 Å². The number of ether oxygens (including phenoxy) is 1. The molecule has 0 aromatic heterocycles. The van der Waals surface area contributed by atoms with E-state index in [1.54, 1.807) is 0 Å². The van der Waals surface area contributed by atoms with Gasteiger partial charge in [0.1, 0.15) is 0 Å². The Morgan fingerprint density at radius 3 is 2.32 bits per heavy atom. The molecule has 0 saturated carbocycles. The zero-order valence-electron chi connectivity index (χ0n) is 12.0. The van der Waals surface area contributed by atoms with Gasteiger partial charge in [-0.25, -0.2) is 4.79 Å². The van der Waals surface area contributed by atoms with Crippen molar-refractivity contribution in [3.8, 4) is 0 Å². The number of carbonyl (C=O) groups is 1. The van der Waals surface area contributed by atoms with Gasteiger partial charge in [-0.3, -0.25) is 0 Å². The Labute approximate surface area is 115 Å². The molecule has 4 heteroatoms. The van der Waals surface area contributed by atoms with E-state index in [0.29, 0.717) is 0 Å². The van der Waals surface area contributed by atoms with E-state index in [4.69, 9.17) is 4.74 Å². The van der Waals surface area contributed by atoms with Crippen molar-refractivity contribution in [1.29, 1.82) is 0 Å². The normalized spacial score (nSPS) is 15.4. The molecule has 1 aromatic rings. The molecule has 0 aliphatic rings. The third-order valence-corrected chi connectivity index (χ3v) is 7.56. The minimum atomic E-state index is -1.97. The van der Waals surface area contributed by atoms with Crippen molar-refractivity contribution in [2.75, 3.05) is 7.11 Å². The molecule has 104 valence electrons. The summed E-state index contributed by atoms with van der Waals surface area (Å²) in [6.45, 7) is 6.28. The van der Waals surface area contributed by atoms with Crippen LogP contribution >= 0.6 is 0 Å². The minimum Gasteiger partial charge on any atom is -0.479 e. The summed E-state index contributed by atoms with van der Waals surface area (Å²) in [4.78, 5) is 11.4. The standard InChI is InChI=1S/C15H22O3Si/c1-5-9-13(14(18-2)15(16)17)19(3,4)12-10-7-6-8-11-12/h5-11,13-14H,1-4H3,(H,16,17)/b9-5+/t13-,14+/m1/s1. The lowest BCUT2D eigenvalue weighted by Crippen LogP contribution is -2.51. The van der Waals surface area contributed by atoms with Gasteiger partial charge in [0, 0.05) is 12.7 Å². The van der Waals surface area contributed by atoms with E-state index in [9.17, 15) is 9.90 Å². The predicted octanol–water partition coefficient (Wildman–Crippen LogP) is 2.65. The number of benzene rings is 1. The maximum absolute atomic E-state index is 11.4. The fraction of sp³-hybridized carbons (Fsp3) is 0.400. The highest BCUT2D eigenvalue weighted by Gasteiger charge is 2.40. The van der Waals surface area contributed by atoms with Crippen LogP contribution in [0, 0.1) is 0 Å². The topological polar surface area (TPSA) is 46.5 Å². The number of carboxylic acids is 1. The second-order valence-corrected chi connectivity index (χ2v) is 9.82. The van der Waals surface area contributed by atoms with E-state index in [-0.39, 0.29) is 5.54 Å². The first-order valence-electron chi connectivity index (χ1n) is 6.39. The van der Waals surface area contributed by atoms with Crippen molar-refractivity contribution in [3.63, 3.8) is 0 Å². The number of methoxy groups -OCH3 is 1. The molecule has 0 heterocycles. The molecule has 0 fully saturated rings. The molecule has 0 unspecified atom stereocenters. The summed E-state index contributed by atoms with van der Waals surface area (Å²) in [5.41, 5.74) is -0.0950. The van der Waals surface area contributed by atoms with Crippen molar-refractivity contribution >= 4 is 19.2 Å². The lowest BCUT2D eigenvalue weighted by molar-refractivity contribution is -0.148. The molecule has 0 aliphatic carbocycles. The molecule has 0 bridgehead atoms. The van der Waals surface area contributed by atoms with E-state index in [1.165, 1.54) is 12.3 Å². The molecule has 1 aromatic carbocycles. The average Bonchev–Trinajstić information content (AvgIpc) is 2.39. The fourth-order valence-electron chi connectivity index (χ4n) is 2.39. The smallest absolute Gasteiger partial charge is 0.333 e.